The minimum absolute atomic E-state index is 0.152. The maximum Gasteiger partial charge on any atom is 0.123 e. The maximum absolute atomic E-state index is 5.92. The number of hydrogen-bond donors (Lipinski definition) is 2. The first-order chi connectivity index (χ1) is 9.06. The van der Waals surface area contributed by atoms with Crippen LogP contribution in [0.3, 0.4) is 0 Å². The molecule has 2 atom stereocenters. The number of nitrogen functional groups attached to an aromatic ring is 1. The Labute approximate surface area is 115 Å². The Morgan fingerprint density at radius 2 is 2.05 bits per heavy atom. The van der Waals surface area contributed by atoms with Crippen LogP contribution in [0.4, 0.5) is 11.4 Å². The van der Waals surface area contributed by atoms with E-state index in [1.54, 1.807) is 7.11 Å². The van der Waals surface area contributed by atoms with Crippen LogP contribution in [-0.2, 0) is 4.74 Å². The summed E-state index contributed by atoms with van der Waals surface area (Å²) in [5, 5.41) is 3.52. The molecular weight excluding hydrogens is 240 g/mol. The molecule has 0 bridgehead atoms. The quantitative estimate of drug-likeness (QED) is 0.803. The molecule has 1 aromatic rings. The zero-order valence-corrected chi connectivity index (χ0v) is 12.0. The fraction of sp³-hybridized carbons (Fsp3) is 0.600. The molecule has 2 unspecified atom stereocenters. The summed E-state index contributed by atoms with van der Waals surface area (Å²) >= 11 is 0. The Hall–Kier alpha value is -1.42. The Bertz CT molecular complexity index is 421. The number of ether oxygens (including phenoxy) is 2. The first-order valence-corrected chi connectivity index (χ1v) is 6.93. The van der Waals surface area contributed by atoms with E-state index in [1.807, 2.05) is 32.0 Å². The van der Waals surface area contributed by atoms with E-state index in [9.17, 15) is 0 Å². The second kappa shape index (κ2) is 6.15. The fourth-order valence-corrected chi connectivity index (χ4v) is 2.57. The zero-order valence-electron chi connectivity index (χ0n) is 12.0. The van der Waals surface area contributed by atoms with Gasteiger partial charge in [0, 0.05) is 36.7 Å². The predicted octanol–water partition coefficient (Wildman–Crippen LogP) is 3.04. The van der Waals surface area contributed by atoms with Crippen molar-refractivity contribution in [2.24, 2.45) is 0 Å². The van der Waals surface area contributed by atoms with Gasteiger partial charge in [-0.3, -0.25) is 0 Å². The third-order valence-corrected chi connectivity index (χ3v) is 3.39. The molecule has 1 saturated carbocycles. The maximum atomic E-state index is 5.92. The van der Waals surface area contributed by atoms with Crippen LogP contribution in [0.15, 0.2) is 18.2 Å². The Kier molecular flexibility index (Phi) is 4.53. The lowest BCUT2D eigenvalue weighted by Crippen LogP contribution is -2.17. The summed E-state index contributed by atoms with van der Waals surface area (Å²) < 4.78 is 11.1. The molecule has 0 aliphatic heterocycles. The second-order valence-electron chi connectivity index (χ2n) is 5.47. The van der Waals surface area contributed by atoms with Crippen LogP contribution in [0.5, 0.6) is 5.75 Å². The first kappa shape index (κ1) is 14.0. The molecule has 1 fully saturated rings. The third-order valence-electron chi connectivity index (χ3n) is 3.39. The van der Waals surface area contributed by atoms with Crippen LogP contribution in [0, 0.1) is 0 Å². The summed E-state index contributed by atoms with van der Waals surface area (Å²) in [6, 6.07) is 6.28. The van der Waals surface area contributed by atoms with Crippen LogP contribution in [0.2, 0.25) is 0 Å². The standard InChI is InChI=1S/C15H24N2O2/c1-10(2)19-15-7-11(16)6-13(9-15)17-12-4-5-14(8-12)18-3/h6-7,9-10,12,14,17H,4-5,8,16H2,1-3H3. The van der Waals surface area contributed by atoms with Crippen molar-refractivity contribution < 1.29 is 9.47 Å². The van der Waals surface area contributed by atoms with Gasteiger partial charge in [0.1, 0.15) is 5.75 Å². The molecule has 0 heterocycles. The molecule has 0 amide bonds. The Morgan fingerprint density at radius 3 is 2.68 bits per heavy atom. The van der Waals surface area contributed by atoms with Crippen LogP contribution in [0.25, 0.3) is 0 Å². The van der Waals surface area contributed by atoms with Gasteiger partial charge < -0.3 is 20.5 Å². The zero-order chi connectivity index (χ0) is 13.8. The largest absolute Gasteiger partial charge is 0.491 e. The average molecular weight is 264 g/mol. The SMILES string of the molecule is COC1CCC(Nc2cc(N)cc(OC(C)C)c2)C1. The predicted molar refractivity (Wildman–Crippen MR) is 78.7 cm³/mol. The second-order valence-corrected chi connectivity index (χ2v) is 5.47. The Balaban J connectivity index is 2.02. The summed E-state index contributed by atoms with van der Waals surface area (Å²) in [4.78, 5) is 0. The molecule has 2 rings (SSSR count). The van der Waals surface area contributed by atoms with Gasteiger partial charge in [-0.1, -0.05) is 0 Å². The van der Waals surface area contributed by atoms with Gasteiger partial charge >= 0.3 is 0 Å². The molecule has 0 saturated heterocycles. The number of nitrogens with two attached hydrogens (primary N) is 1. The summed E-state index contributed by atoms with van der Waals surface area (Å²) in [5.74, 6) is 0.818. The summed E-state index contributed by atoms with van der Waals surface area (Å²) in [5.41, 5.74) is 7.67. The van der Waals surface area contributed by atoms with Crippen molar-refractivity contribution >= 4 is 11.4 Å². The first-order valence-electron chi connectivity index (χ1n) is 6.93. The summed E-state index contributed by atoms with van der Waals surface area (Å²) in [6.07, 6.45) is 3.83. The van der Waals surface area contributed by atoms with Crippen molar-refractivity contribution in [3.63, 3.8) is 0 Å². The van der Waals surface area contributed by atoms with Crippen molar-refractivity contribution in [3.05, 3.63) is 18.2 Å². The van der Waals surface area contributed by atoms with E-state index in [0.717, 1.165) is 36.4 Å². The van der Waals surface area contributed by atoms with E-state index in [4.69, 9.17) is 15.2 Å². The van der Waals surface area contributed by atoms with Gasteiger partial charge in [0.2, 0.25) is 0 Å². The van der Waals surface area contributed by atoms with Gasteiger partial charge in [-0.25, -0.2) is 0 Å². The molecule has 0 radical (unpaired) electrons. The summed E-state index contributed by atoms with van der Waals surface area (Å²) in [7, 11) is 1.78. The molecular formula is C15H24N2O2. The molecule has 0 spiro atoms. The Morgan fingerprint density at radius 1 is 1.26 bits per heavy atom. The van der Waals surface area contributed by atoms with Crippen LogP contribution < -0.4 is 15.8 Å². The van der Waals surface area contributed by atoms with Gasteiger partial charge in [0.15, 0.2) is 0 Å². The van der Waals surface area contributed by atoms with Gasteiger partial charge in [-0.05, 0) is 39.2 Å². The summed E-state index contributed by atoms with van der Waals surface area (Å²) in [6.45, 7) is 4.02. The highest BCUT2D eigenvalue weighted by Crippen LogP contribution is 2.28. The van der Waals surface area contributed by atoms with E-state index in [1.165, 1.54) is 0 Å². The smallest absolute Gasteiger partial charge is 0.123 e. The highest BCUT2D eigenvalue weighted by Gasteiger charge is 2.24. The normalized spacial score (nSPS) is 22.7. The molecule has 1 aliphatic rings. The third kappa shape index (κ3) is 4.03. The fourth-order valence-electron chi connectivity index (χ4n) is 2.57. The van der Waals surface area contributed by atoms with Crippen molar-refractivity contribution in [1.29, 1.82) is 0 Å². The number of nitrogens with one attached hydrogen (secondary N) is 1. The molecule has 0 aromatic heterocycles. The van der Waals surface area contributed by atoms with E-state index >= 15 is 0 Å². The molecule has 19 heavy (non-hydrogen) atoms. The van der Waals surface area contributed by atoms with Gasteiger partial charge in [-0.15, -0.1) is 0 Å². The van der Waals surface area contributed by atoms with Gasteiger partial charge in [0.25, 0.3) is 0 Å². The lowest BCUT2D eigenvalue weighted by Gasteiger charge is -2.17. The highest BCUT2D eigenvalue weighted by atomic mass is 16.5. The topological polar surface area (TPSA) is 56.5 Å². The van der Waals surface area contributed by atoms with E-state index in [0.29, 0.717) is 12.1 Å². The number of rotatable bonds is 5. The number of benzene rings is 1. The van der Waals surface area contributed by atoms with Crippen molar-refractivity contribution in [3.8, 4) is 5.75 Å². The van der Waals surface area contributed by atoms with E-state index in [-0.39, 0.29) is 6.10 Å². The van der Waals surface area contributed by atoms with Crippen molar-refractivity contribution in [2.45, 2.75) is 51.4 Å². The van der Waals surface area contributed by atoms with E-state index < -0.39 is 0 Å². The minimum atomic E-state index is 0.152. The monoisotopic (exact) mass is 264 g/mol. The molecule has 3 N–H and O–H groups in total. The highest BCUT2D eigenvalue weighted by molar-refractivity contribution is 5.59. The molecule has 4 heteroatoms. The minimum Gasteiger partial charge on any atom is -0.491 e. The van der Waals surface area contributed by atoms with E-state index in [2.05, 4.69) is 5.32 Å². The molecule has 1 aromatic carbocycles. The molecule has 1 aliphatic carbocycles. The average Bonchev–Trinajstić information content (AvgIpc) is 2.74. The molecule has 106 valence electrons. The van der Waals surface area contributed by atoms with Crippen molar-refractivity contribution in [1.82, 2.24) is 0 Å². The van der Waals surface area contributed by atoms with Crippen LogP contribution in [-0.4, -0.2) is 25.4 Å². The van der Waals surface area contributed by atoms with Crippen LogP contribution >= 0.6 is 0 Å². The van der Waals surface area contributed by atoms with Crippen LogP contribution in [0.1, 0.15) is 33.1 Å². The number of methoxy groups -OCH3 is 1. The van der Waals surface area contributed by atoms with Gasteiger partial charge in [0.05, 0.1) is 12.2 Å². The van der Waals surface area contributed by atoms with Crippen molar-refractivity contribution in [2.75, 3.05) is 18.2 Å². The number of hydrogen-bond acceptors (Lipinski definition) is 4. The lowest BCUT2D eigenvalue weighted by molar-refractivity contribution is 0.108. The lowest BCUT2D eigenvalue weighted by atomic mass is 10.2. The van der Waals surface area contributed by atoms with Gasteiger partial charge in [-0.2, -0.15) is 0 Å². The number of anilines is 2. The molecule has 4 nitrogen and oxygen atoms in total.